The molecule has 2 nitrogen and oxygen atoms in total. The Morgan fingerprint density at radius 1 is 1.40 bits per heavy atom. The Labute approximate surface area is 95.3 Å². The van der Waals surface area contributed by atoms with Crippen molar-refractivity contribution in [1.29, 1.82) is 0 Å². The molecule has 0 bridgehead atoms. The molecule has 0 N–H and O–H groups in total. The lowest BCUT2D eigenvalue weighted by molar-refractivity contribution is 0.0886. The highest BCUT2D eigenvalue weighted by atomic mass is 79.9. The van der Waals surface area contributed by atoms with Crippen LogP contribution in [0, 0.1) is 11.6 Å². The van der Waals surface area contributed by atoms with E-state index in [0.717, 1.165) is 6.07 Å². The van der Waals surface area contributed by atoms with Gasteiger partial charge in [0.25, 0.3) is 0 Å². The summed E-state index contributed by atoms with van der Waals surface area (Å²) in [5, 5.41) is 0. The first kappa shape index (κ1) is 12.4. The van der Waals surface area contributed by atoms with Crippen molar-refractivity contribution in [3.63, 3.8) is 0 Å². The first-order valence-electron chi connectivity index (χ1n) is 4.34. The van der Waals surface area contributed by atoms with E-state index in [2.05, 4.69) is 15.9 Å². The Bertz CT molecular complexity index is 344. The summed E-state index contributed by atoms with van der Waals surface area (Å²) in [7, 11) is 1.51. The quantitative estimate of drug-likeness (QED) is 0.789. The zero-order chi connectivity index (χ0) is 11.4. The van der Waals surface area contributed by atoms with E-state index >= 15 is 0 Å². The molecule has 0 saturated heterocycles. The van der Waals surface area contributed by atoms with Gasteiger partial charge in [-0.05, 0) is 19.1 Å². The third-order valence-corrected chi connectivity index (χ3v) is 2.15. The number of rotatable bonds is 4. The van der Waals surface area contributed by atoms with Gasteiger partial charge < -0.3 is 9.47 Å². The summed E-state index contributed by atoms with van der Waals surface area (Å²) < 4.78 is 36.6. The second-order valence-corrected chi connectivity index (χ2v) is 4.00. The summed E-state index contributed by atoms with van der Waals surface area (Å²) >= 11 is 3.06. The van der Waals surface area contributed by atoms with E-state index in [1.54, 1.807) is 6.92 Å². The van der Waals surface area contributed by atoms with Gasteiger partial charge in [-0.1, -0.05) is 15.9 Å². The van der Waals surface area contributed by atoms with Crippen LogP contribution < -0.4 is 4.74 Å². The maximum absolute atomic E-state index is 13.2. The Morgan fingerprint density at radius 2 is 2.07 bits per heavy atom. The van der Waals surface area contributed by atoms with Crippen molar-refractivity contribution in [3.05, 3.63) is 28.2 Å². The summed E-state index contributed by atoms with van der Waals surface area (Å²) in [5.41, 5.74) is 0. The molecule has 1 atom stereocenters. The zero-order valence-corrected chi connectivity index (χ0v) is 9.98. The van der Waals surface area contributed by atoms with Crippen LogP contribution in [0.2, 0.25) is 0 Å². The van der Waals surface area contributed by atoms with Crippen molar-refractivity contribution in [3.8, 4) is 5.75 Å². The van der Waals surface area contributed by atoms with Gasteiger partial charge in [0.1, 0.15) is 6.10 Å². The Balaban J connectivity index is 2.84. The number of methoxy groups -OCH3 is 1. The van der Waals surface area contributed by atoms with Crippen molar-refractivity contribution in [2.24, 2.45) is 0 Å². The lowest BCUT2D eigenvalue weighted by Crippen LogP contribution is -2.18. The molecule has 0 aliphatic carbocycles. The van der Waals surface area contributed by atoms with E-state index in [1.165, 1.54) is 13.2 Å². The molecular weight excluding hydrogens is 270 g/mol. The van der Waals surface area contributed by atoms with Gasteiger partial charge in [0.15, 0.2) is 11.6 Å². The van der Waals surface area contributed by atoms with Crippen LogP contribution in [0.3, 0.4) is 0 Å². The number of hydrogen-bond acceptors (Lipinski definition) is 2. The average Bonchev–Trinajstić information content (AvgIpc) is 2.13. The van der Waals surface area contributed by atoms with Crippen LogP contribution in [0.4, 0.5) is 8.78 Å². The summed E-state index contributed by atoms with van der Waals surface area (Å²) in [4.78, 5) is 0. The van der Waals surface area contributed by atoms with Gasteiger partial charge in [0.2, 0.25) is 5.82 Å². The number of ether oxygens (including phenoxy) is 2. The van der Waals surface area contributed by atoms with E-state index in [-0.39, 0.29) is 11.9 Å². The molecular formula is C10H11BrF2O2. The molecule has 0 amide bonds. The molecule has 0 saturated carbocycles. The Morgan fingerprint density at radius 3 is 2.67 bits per heavy atom. The standard InChI is InChI=1S/C10H11BrF2O2/c1-6(5-14-2)15-9-4-7(11)3-8(12)10(9)13/h3-4,6H,5H2,1-2H3. The molecule has 0 radical (unpaired) electrons. The van der Waals surface area contributed by atoms with Gasteiger partial charge in [-0.2, -0.15) is 4.39 Å². The van der Waals surface area contributed by atoms with Crippen LogP contribution >= 0.6 is 15.9 Å². The fourth-order valence-corrected chi connectivity index (χ4v) is 1.51. The third kappa shape index (κ3) is 3.43. The van der Waals surface area contributed by atoms with Gasteiger partial charge in [0.05, 0.1) is 6.61 Å². The highest BCUT2D eigenvalue weighted by Crippen LogP contribution is 2.26. The average molecular weight is 281 g/mol. The van der Waals surface area contributed by atoms with E-state index in [4.69, 9.17) is 9.47 Å². The van der Waals surface area contributed by atoms with Gasteiger partial charge in [-0.25, -0.2) is 4.39 Å². The van der Waals surface area contributed by atoms with Crippen LogP contribution in [-0.4, -0.2) is 19.8 Å². The highest BCUT2D eigenvalue weighted by Gasteiger charge is 2.13. The normalized spacial score (nSPS) is 12.6. The number of halogens is 3. The molecule has 0 aliphatic heterocycles. The lowest BCUT2D eigenvalue weighted by atomic mass is 10.3. The Kier molecular flexibility index (Phi) is 4.47. The molecule has 0 aromatic heterocycles. The number of benzene rings is 1. The molecule has 84 valence electrons. The summed E-state index contributed by atoms with van der Waals surface area (Å²) in [6, 6.07) is 2.42. The number of hydrogen-bond donors (Lipinski definition) is 0. The molecule has 0 spiro atoms. The van der Waals surface area contributed by atoms with Crippen molar-refractivity contribution in [2.75, 3.05) is 13.7 Å². The lowest BCUT2D eigenvalue weighted by Gasteiger charge is -2.14. The van der Waals surface area contributed by atoms with E-state index in [9.17, 15) is 8.78 Å². The van der Waals surface area contributed by atoms with Crippen molar-refractivity contribution in [1.82, 2.24) is 0 Å². The van der Waals surface area contributed by atoms with E-state index in [1.807, 2.05) is 0 Å². The first-order chi connectivity index (χ1) is 7.04. The monoisotopic (exact) mass is 280 g/mol. The maximum Gasteiger partial charge on any atom is 0.200 e. The van der Waals surface area contributed by atoms with E-state index < -0.39 is 11.6 Å². The first-order valence-corrected chi connectivity index (χ1v) is 5.14. The minimum atomic E-state index is -0.985. The largest absolute Gasteiger partial charge is 0.485 e. The van der Waals surface area contributed by atoms with Gasteiger partial charge >= 0.3 is 0 Å². The SMILES string of the molecule is COCC(C)Oc1cc(Br)cc(F)c1F. The Hall–Kier alpha value is -0.680. The van der Waals surface area contributed by atoms with Crippen LogP contribution in [0.5, 0.6) is 5.75 Å². The fourth-order valence-electron chi connectivity index (χ4n) is 1.10. The fraction of sp³-hybridized carbons (Fsp3) is 0.400. The summed E-state index contributed by atoms with van der Waals surface area (Å²) in [6.07, 6.45) is -0.335. The molecule has 1 unspecified atom stereocenters. The van der Waals surface area contributed by atoms with E-state index in [0.29, 0.717) is 11.1 Å². The minimum absolute atomic E-state index is 0.119. The van der Waals surface area contributed by atoms with Crippen molar-refractivity contribution in [2.45, 2.75) is 13.0 Å². The van der Waals surface area contributed by atoms with Crippen molar-refractivity contribution >= 4 is 15.9 Å². The summed E-state index contributed by atoms with van der Waals surface area (Å²) in [6.45, 7) is 2.02. The molecule has 0 fully saturated rings. The van der Waals surface area contributed by atoms with Crippen molar-refractivity contribution < 1.29 is 18.3 Å². The molecule has 1 aromatic rings. The second kappa shape index (κ2) is 5.42. The van der Waals surface area contributed by atoms with Crippen LogP contribution in [0.15, 0.2) is 16.6 Å². The molecule has 1 aromatic carbocycles. The predicted molar refractivity (Wildman–Crippen MR) is 56.0 cm³/mol. The molecule has 0 heterocycles. The van der Waals surface area contributed by atoms with Gasteiger partial charge in [-0.15, -0.1) is 0 Å². The second-order valence-electron chi connectivity index (χ2n) is 3.08. The maximum atomic E-state index is 13.2. The van der Waals surface area contributed by atoms with Gasteiger partial charge in [0, 0.05) is 11.6 Å². The smallest absolute Gasteiger partial charge is 0.200 e. The topological polar surface area (TPSA) is 18.5 Å². The molecule has 0 aliphatic rings. The molecule has 15 heavy (non-hydrogen) atoms. The third-order valence-electron chi connectivity index (χ3n) is 1.69. The van der Waals surface area contributed by atoms with Crippen LogP contribution in [0.25, 0.3) is 0 Å². The highest BCUT2D eigenvalue weighted by molar-refractivity contribution is 9.10. The minimum Gasteiger partial charge on any atom is -0.485 e. The van der Waals surface area contributed by atoms with Gasteiger partial charge in [-0.3, -0.25) is 0 Å². The summed E-state index contributed by atoms with van der Waals surface area (Å²) in [5.74, 6) is -2.04. The predicted octanol–water partition coefficient (Wildman–Crippen LogP) is 3.14. The molecule has 1 rings (SSSR count). The zero-order valence-electron chi connectivity index (χ0n) is 8.39. The van der Waals surface area contributed by atoms with Crippen LogP contribution in [0.1, 0.15) is 6.92 Å². The van der Waals surface area contributed by atoms with Crippen LogP contribution in [-0.2, 0) is 4.74 Å². The molecule has 5 heteroatoms.